The van der Waals surface area contributed by atoms with Gasteiger partial charge in [0.05, 0.1) is 28.2 Å². The summed E-state index contributed by atoms with van der Waals surface area (Å²) in [4.78, 5) is 32.9. The SMILES string of the molecule is CN[C@H](C(=O)N1C[C@H](O)CC1C(=O)NCc1ccc(-c2scnc2C)cc1)C(C)(C)C. The molecule has 2 amide bonds. The third-order valence-electron chi connectivity index (χ3n) is 5.69. The molecular formula is C23H32N4O3S. The van der Waals surface area contributed by atoms with E-state index in [-0.39, 0.29) is 30.2 Å². The molecule has 0 bridgehead atoms. The average molecular weight is 445 g/mol. The second-order valence-corrected chi connectivity index (χ2v) is 10.0. The zero-order chi connectivity index (χ0) is 22.8. The van der Waals surface area contributed by atoms with Crippen molar-refractivity contribution in [3.8, 4) is 10.4 Å². The van der Waals surface area contributed by atoms with Crippen molar-refractivity contribution in [3.05, 3.63) is 41.0 Å². The van der Waals surface area contributed by atoms with Crippen LogP contribution < -0.4 is 10.6 Å². The van der Waals surface area contributed by atoms with Gasteiger partial charge < -0.3 is 20.6 Å². The van der Waals surface area contributed by atoms with Gasteiger partial charge in [0.25, 0.3) is 0 Å². The molecule has 7 nitrogen and oxygen atoms in total. The number of aliphatic hydroxyl groups excluding tert-OH is 1. The molecular weight excluding hydrogens is 412 g/mol. The van der Waals surface area contributed by atoms with E-state index in [1.54, 1.807) is 18.4 Å². The molecule has 8 heteroatoms. The molecule has 0 saturated carbocycles. The van der Waals surface area contributed by atoms with Crippen LogP contribution in [0.25, 0.3) is 10.4 Å². The van der Waals surface area contributed by atoms with Crippen molar-refractivity contribution in [2.24, 2.45) is 5.41 Å². The van der Waals surface area contributed by atoms with Crippen molar-refractivity contribution in [2.75, 3.05) is 13.6 Å². The lowest BCUT2D eigenvalue weighted by atomic mass is 9.86. The molecule has 3 rings (SSSR count). The Kier molecular flexibility index (Phi) is 7.13. The van der Waals surface area contributed by atoms with Crippen LogP contribution in [0.2, 0.25) is 0 Å². The number of carbonyl (C=O) groups excluding carboxylic acids is 2. The minimum atomic E-state index is -0.695. The summed E-state index contributed by atoms with van der Waals surface area (Å²) in [7, 11) is 1.74. The molecule has 2 aromatic rings. The molecule has 168 valence electrons. The zero-order valence-electron chi connectivity index (χ0n) is 18.8. The molecule has 1 fully saturated rings. The van der Waals surface area contributed by atoms with Gasteiger partial charge in [-0.15, -0.1) is 11.3 Å². The number of benzene rings is 1. The van der Waals surface area contributed by atoms with Crippen molar-refractivity contribution in [1.82, 2.24) is 20.5 Å². The van der Waals surface area contributed by atoms with E-state index in [1.807, 2.05) is 57.5 Å². The number of carbonyl (C=O) groups is 2. The Bertz CT molecular complexity index is 920. The highest BCUT2D eigenvalue weighted by molar-refractivity contribution is 7.13. The number of nitrogens with zero attached hydrogens (tertiary/aromatic N) is 2. The van der Waals surface area contributed by atoms with Crippen LogP contribution in [0.1, 0.15) is 38.4 Å². The molecule has 1 aromatic carbocycles. The van der Waals surface area contributed by atoms with Crippen LogP contribution in [0, 0.1) is 12.3 Å². The normalized spacial score (nSPS) is 20.0. The van der Waals surface area contributed by atoms with Crippen LogP contribution in [0.4, 0.5) is 0 Å². The van der Waals surface area contributed by atoms with Crippen molar-refractivity contribution >= 4 is 23.2 Å². The first-order chi connectivity index (χ1) is 14.6. The molecule has 2 heterocycles. The molecule has 3 N–H and O–H groups in total. The molecule has 1 aliphatic rings. The van der Waals surface area contributed by atoms with Crippen molar-refractivity contribution < 1.29 is 14.7 Å². The maximum absolute atomic E-state index is 13.1. The number of amides is 2. The van der Waals surface area contributed by atoms with Gasteiger partial charge in [-0.3, -0.25) is 9.59 Å². The molecule has 31 heavy (non-hydrogen) atoms. The second-order valence-electron chi connectivity index (χ2n) is 9.17. The lowest BCUT2D eigenvalue weighted by Crippen LogP contribution is -2.55. The van der Waals surface area contributed by atoms with Crippen LogP contribution in [0.5, 0.6) is 0 Å². The number of rotatable bonds is 6. The molecule has 3 atom stereocenters. The largest absolute Gasteiger partial charge is 0.391 e. The number of aromatic nitrogens is 1. The highest BCUT2D eigenvalue weighted by Crippen LogP contribution is 2.28. The van der Waals surface area contributed by atoms with Crippen molar-refractivity contribution in [2.45, 2.75) is 58.8 Å². The Morgan fingerprint density at radius 1 is 1.29 bits per heavy atom. The van der Waals surface area contributed by atoms with E-state index in [1.165, 1.54) is 4.90 Å². The molecule has 0 radical (unpaired) electrons. The van der Waals surface area contributed by atoms with Crippen LogP contribution in [-0.2, 0) is 16.1 Å². The Balaban J connectivity index is 1.65. The summed E-state index contributed by atoms with van der Waals surface area (Å²) in [6, 6.07) is 6.92. The lowest BCUT2D eigenvalue weighted by molar-refractivity contribution is -0.142. The fraction of sp³-hybridized carbons (Fsp3) is 0.522. The van der Waals surface area contributed by atoms with E-state index in [0.717, 1.165) is 21.7 Å². The van der Waals surface area contributed by atoms with Crippen LogP contribution in [0.15, 0.2) is 29.8 Å². The fourth-order valence-corrected chi connectivity index (χ4v) is 4.87. The maximum atomic E-state index is 13.1. The predicted octanol–water partition coefficient (Wildman–Crippen LogP) is 2.33. The predicted molar refractivity (Wildman–Crippen MR) is 123 cm³/mol. The summed E-state index contributed by atoms with van der Waals surface area (Å²) < 4.78 is 0. The highest BCUT2D eigenvalue weighted by atomic mass is 32.1. The number of thiazole rings is 1. The number of likely N-dealkylation sites (tertiary alicyclic amines) is 1. The van der Waals surface area contributed by atoms with Crippen LogP contribution in [-0.4, -0.2) is 58.6 Å². The standard InChI is InChI=1S/C23H32N4O3S/c1-14-19(31-13-26-14)16-8-6-15(7-9-16)11-25-21(29)18-10-17(28)12-27(18)22(30)20(24-5)23(2,3)4/h6-9,13,17-18,20,24,28H,10-12H2,1-5H3,(H,25,29)/t17-,18?,20-/m1/s1. The van der Waals surface area contributed by atoms with E-state index < -0.39 is 18.2 Å². The van der Waals surface area contributed by atoms with Gasteiger partial charge in [-0.05, 0) is 30.5 Å². The molecule has 1 aliphatic heterocycles. The first kappa shape index (κ1) is 23.4. The van der Waals surface area contributed by atoms with Crippen molar-refractivity contribution in [3.63, 3.8) is 0 Å². The molecule has 1 unspecified atom stereocenters. The number of aliphatic hydroxyl groups is 1. The average Bonchev–Trinajstić information content (AvgIpc) is 3.31. The van der Waals surface area contributed by atoms with E-state index in [9.17, 15) is 14.7 Å². The number of aryl methyl sites for hydroxylation is 1. The number of hydrogen-bond donors (Lipinski definition) is 3. The topological polar surface area (TPSA) is 94.6 Å². The molecule has 0 spiro atoms. The van der Waals surface area contributed by atoms with Gasteiger partial charge in [-0.1, -0.05) is 45.0 Å². The Labute approximate surface area is 187 Å². The van der Waals surface area contributed by atoms with Gasteiger partial charge in [0, 0.05) is 19.5 Å². The third kappa shape index (κ3) is 5.31. The highest BCUT2D eigenvalue weighted by Gasteiger charge is 2.43. The smallest absolute Gasteiger partial charge is 0.243 e. The Morgan fingerprint density at radius 3 is 2.52 bits per heavy atom. The summed E-state index contributed by atoms with van der Waals surface area (Å²) >= 11 is 1.61. The van der Waals surface area contributed by atoms with Gasteiger partial charge in [0.1, 0.15) is 6.04 Å². The van der Waals surface area contributed by atoms with Gasteiger partial charge >= 0.3 is 0 Å². The quantitative estimate of drug-likeness (QED) is 0.636. The summed E-state index contributed by atoms with van der Waals surface area (Å²) in [6.45, 7) is 8.46. The van der Waals surface area contributed by atoms with Gasteiger partial charge in [0.15, 0.2) is 0 Å². The number of likely N-dealkylation sites (N-methyl/N-ethyl adjacent to an activating group) is 1. The molecule has 1 saturated heterocycles. The van der Waals surface area contributed by atoms with Crippen molar-refractivity contribution in [1.29, 1.82) is 0 Å². The van der Waals surface area contributed by atoms with Gasteiger partial charge in [-0.2, -0.15) is 0 Å². The van der Waals surface area contributed by atoms with Gasteiger partial charge in [0.2, 0.25) is 11.8 Å². The van der Waals surface area contributed by atoms with E-state index >= 15 is 0 Å². The summed E-state index contributed by atoms with van der Waals surface area (Å²) in [5.74, 6) is -0.396. The number of β-amino-alcohol motifs (C(OH)–C–C–N with tert-alkyl or cyclic N) is 1. The lowest BCUT2D eigenvalue weighted by Gasteiger charge is -2.34. The van der Waals surface area contributed by atoms with Crippen LogP contribution >= 0.6 is 11.3 Å². The molecule has 1 aromatic heterocycles. The van der Waals surface area contributed by atoms with E-state index in [2.05, 4.69) is 15.6 Å². The second kappa shape index (κ2) is 9.46. The first-order valence-electron chi connectivity index (χ1n) is 10.5. The minimum absolute atomic E-state index is 0.156. The summed E-state index contributed by atoms with van der Waals surface area (Å²) in [5, 5.41) is 16.2. The summed E-state index contributed by atoms with van der Waals surface area (Å²) in [5.41, 5.74) is 4.61. The minimum Gasteiger partial charge on any atom is -0.391 e. The van der Waals surface area contributed by atoms with Gasteiger partial charge in [-0.25, -0.2) is 4.98 Å². The first-order valence-corrected chi connectivity index (χ1v) is 11.4. The molecule has 0 aliphatic carbocycles. The maximum Gasteiger partial charge on any atom is 0.243 e. The Hall–Kier alpha value is -2.29. The number of nitrogens with one attached hydrogen (secondary N) is 2. The Morgan fingerprint density at radius 2 is 1.97 bits per heavy atom. The number of hydrogen-bond acceptors (Lipinski definition) is 6. The monoisotopic (exact) mass is 444 g/mol. The summed E-state index contributed by atoms with van der Waals surface area (Å²) in [6.07, 6.45) is -0.444. The zero-order valence-corrected chi connectivity index (χ0v) is 19.6. The fourth-order valence-electron chi connectivity index (χ4n) is 4.06. The third-order valence-corrected chi connectivity index (χ3v) is 6.67. The van der Waals surface area contributed by atoms with Crippen LogP contribution in [0.3, 0.4) is 0 Å². The van der Waals surface area contributed by atoms with E-state index in [4.69, 9.17) is 0 Å². The van der Waals surface area contributed by atoms with E-state index in [0.29, 0.717) is 6.54 Å².